The lowest BCUT2D eigenvalue weighted by Crippen LogP contribution is -2.46. The minimum Gasteiger partial charge on any atom is -0.480 e. The van der Waals surface area contributed by atoms with E-state index in [0.717, 1.165) is 11.3 Å². The van der Waals surface area contributed by atoms with Crippen LogP contribution in [0.1, 0.15) is 12.5 Å². The molecule has 1 aromatic rings. The third-order valence-electron chi connectivity index (χ3n) is 3.02. The van der Waals surface area contributed by atoms with Gasteiger partial charge in [0, 0.05) is 25.9 Å². The molecule has 0 bridgehead atoms. The molecule has 1 aromatic carbocycles. The van der Waals surface area contributed by atoms with Crippen molar-refractivity contribution < 1.29 is 19.4 Å². The molecular formula is C15H22N2O4. The molecule has 116 valence electrons. The Hall–Kier alpha value is -2.08. The molecule has 0 unspecified atom stereocenters. The van der Waals surface area contributed by atoms with Crippen molar-refractivity contribution >= 4 is 17.7 Å². The van der Waals surface area contributed by atoms with Gasteiger partial charge >= 0.3 is 12.0 Å². The minimum absolute atomic E-state index is 0.240. The van der Waals surface area contributed by atoms with Crippen LogP contribution in [0.5, 0.6) is 0 Å². The van der Waals surface area contributed by atoms with Gasteiger partial charge in [-0.3, -0.25) is 9.69 Å². The van der Waals surface area contributed by atoms with Crippen molar-refractivity contribution in [3.05, 3.63) is 29.8 Å². The number of amides is 2. The van der Waals surface area contributed by atoms with Crippen LogP contribution in [-0.4, -0.2) is 55.4 Å². The maximum atomic E-state index is 12.6. The molecular weight excluding hydrogens is 272 g/mol. The first-order valence-electron chi connectivity index (χ1n) is 6.83. The van der Waals surface area contributed by atoms with E-state index in [1.807, 2.05) is 38.1 Å². The first-order valence-corrected chi connectivity index (χ1v) is 6.83. The number of carbonyl (C=O) groups is 2. The second-order valence-electron chi connectivity index (χ2n) is 4.67. The van der Waals surface area contributed by atoms with Gasteiger partial charge in [0.2, 0.25) is 0 Å². The third kappa shape index (κ3) is 5.07. The molecule has 0 fully saturated rings. The Labute approximate surface area is 124 Å². The highest BCUT2D eigenvalue weighted by molar-refractivity contribution is 5.93. The van der Waals surface area contributed by atoms with Crippen LogP contribution in [0.4, 0.5) is 10.5 Å². The molecule has 0 radical (unpaired) electrons. The number of aryl methyl sites for hydroxylation is 1. The molecule has 0 spiro atoms. The maximum Gasteiger partial charge on any atom is 0.325 e. The van der Waals surface area contributed by atoms with E-state index in [0.29, 0.717) is 13.2 Å². The first-order chi connectivity index (χ1) is 9.99. The Morgan fingerprint density at radius 2 is 2.05 bits per heavy atom. The van der Waals surface area contributed by atoms with Gasteiger partial charge in [0.1, 0.15) is 6.54 Å². The lowest BCUT2D eigenvalue weighted by atomic mass is 10.2. The molecule has 0 aliphatic rings. The van der Waals surface area contributed by atoms with E-state index in [1.54, 1.807) is 4.90 Å². The molecule has 21 heavy (non-hydrogen) atoms. The maximum absolute atomic E-state index is 12.6. The van der Waals surface area contributed by atoms with Crippen LogP contribution >= 0.6 is 0 Å². The average Bonchev–Trinajstić information content (AvgIpc) is 2.43. The Morgan fingerprint density at radius 3 is 2.57 bits per heavy atom. The van der Waals surface area contributed by atoms with Gasteiger partial charge in [0.15, 0.2) is 0 Å². The van der Waals surface area contributed by atoms with Crippen LogP contribution in [0, 0.1) is 6.92 Å². The molecule has 0 atom stereocenters. The van der Waals surface area contributed by atoms with Crippen molar-refractivity contribution in [2.75, 3.05) is 38.3 Å². The summed E-state index contributed by atoms with van der Waals surface area (Å²) in [5.41, 5.74) is 1.80. The summed E-state index contributed by atoms with van der Waals surface area (Å²) in [6.07, 6.45) is 0. The molecule has 0 aliphatic heterocycles. The van der Waals surface area contributed by atoms with E-state index in [1.165, 1.54) is 12.0 Å². The fraction of sp³-hybridized carbons (Fsp3) is 0.467. The zero-order valence-corrected chi connectivity index (χ0v) is 12.7. The first kappa shape index (κ1) is 17.0. The van der Waals surface area contributed by atoms with Crippen molar-refractivity contribution in [2.24, 2.45) is 0 Å². The zero-order chi connectivity index (χ0) is 15.8. The van der Waals surface area contributed by atoms with Crippen LogP contribution in [0.25, 0.3) is 0 Å². The SMILES string of the molecule is CCN(C(=O)N(CCOC)CC(=O)O)c1cccc(C)c1. The van der Waals surface area contributed by atoms with Crippen LogP contribution in [0.2, 0.25) is 0 Å². The van der Waals surface area contributed by atoms with E-state index >= 15 is 0 Å². The Morgan fingerprint density at radius 1 is 1.33 bits per heavy atom. The van der Waals surface area contributed by atoms with Gasteiger partial charge in [0.25, 0.3) is 0 Å². The number of hydrogen-bond donors (Lipinski definition) is 1. The highest BCUT2D eigenvalue weighted by Gasteiger charge is 2.22. The lowest BCUT2D eigenvalue weighted by Gasteiger charge is -2.29. The molecule has 1 rings (SSSR count). The predicted octanol–water partition coefficient (Wildman–Crippen LogP) is 1.97. The lowest BCUT2D eigenvalue weighted by molar-refractivity contribution is -0.137. The molecule has 1 N–H and O–H groups in total. The van der Waals surface area contributed by atoms with E-state index < -0.39 is 5.97 Å². The van der Waals surface area contributed by atoms with Crippen molar-refractivity contribution in [3.63, 3.8) is 0 Å². The van der Waals surface area contributed by atoms with Gasteiger partial charge in [-0.1, -0.05) is 12.1 Å². The summed E-state index contributed by atoms with van der Waals surface area (Å²) in [6.45, 7) is 4.46. The third-order valence-corrected chi connectivity index (χ3v) is 3.02. The molecule has 0 heterocycles. The van der Waals surface area contributed by atoms with Crippen molar-refractivity contribution in [2.45, 2.75) is 13.8 Å². The molecule has 6 heteroatoms. The van der Waals surface area contributed by atoms with Gasteiger partial charge in [-0.25, -0.2) is 4.79 Å². The number of carboxylic acids is 1. The summed E-state index contributed by atoms with van der Waals surface area (Å²) in [4.78, 5) is 26.3. The fourth-order valence-corrected chi connectivity index (χ4v) is 2.00. The van der Waals surface area contributed by atoms with Crippen molar-refractivity contribution in [1.82, 2.24) is 4.90 Å². The van der Waals surface area contributed by atoms with E-state index in [-0.39, 0.29) is 19.1 Å². The van der Waals surface area contributed by atoms with Gasteiger partial charge in [0.05, 0.1) is 6.61 Å². The number of benzene rings is 1. The summed E-state index contributed by atoms with van der Waals surface area (Å²) < 4.78 is 4.94. The summed E-state index contributed by atoms with van der Waals surface area (Å²) in [5, 5.41) is 8.95. The van der Waals surface area contributed by atoms with Crippen LogP contribution < -0.4 is 4.90 Å². The fourth-order valence-electron chi connectivity index (χ4n) is 2.00. The highest BCUT2D eigenvalue weighted by atomic mass is 16.5. The Kier molecular flexibility index (Phi) is 6.68. The summed E-state index contributed by atoms with van der Waals surface area (Å²) >= 11 is 0. The number of ether oxygens (including phenoxy) is 1. The van der Waals surface area contributed by atoms with Crippen LogP contribution in [0.15, 0.2) is 24.3 Å². The second-order valence-corrected chi connectivity index (χ2v) is 4.67. The smallest absolute Gasteiger partial charge is 0.325 e. The van der Waals surface area contributed by atoms with Crippen molar-refractivity contribution in [1.29, 1.82) is 0 Å². The Balaban J connectivity index is 2.94. The quantitative estimate of drug-likeness (QED) is 0.834. The molecule has 0 saturated carbocycles. The van der Waals surface area contributed by atoms with Crippen LogP contribution in [-0.2, 0) is 9.53 Å². The molecule has 2 amide bonds. The molecule has 0 aromatic heterocycles. The number of anilines is 1. The number of hydrogen-bond acceptors (Lipinski definition) is 3. The average molecular weight is 294 g/mol. The monoisotopic (exact) mass is 294 g/mol. The highest BCUT2D eigenvalue weighted by Crippen LogP contribution is 2.17. The van der Waals surface area contributed by atoms with Gasteiger partial charge in [-0.2, -0.15) is 0 Å². The molecule has 6 nitrogen and oxygen atoms in total. The number of aliphatic carboxylic acids is 1. The topological polar surface area (TPSA) is 70.1 Å². The number of carboxylic acid groups (broad SMARTS) is 1. The van der Waals surface area contributed by atoms with Crippen molar-refractivity contribution in [3.8, 4) is 0 Å². The number of carbonyl (C=O) groups excluding carboxylic acids is 1. The Bertz CT molecular complexity index is 490. The largest absolute Gasteiger partial charge is 0.480 e. The standard InChI is InChI=1S/C15H22N2O4/c1-4-17(13-7-5-6-12(2)10-13)15(20)16(8-9-21-3)11-14(18)19/h5-7,10H,4,8-9,11H2,1-3H3,(H,18,19). The number of nitrogens with zero attached hydrogens (tertiary/aromatic N) is 2. The molecule has 0 saturated heterocycles. The second kappa shape index (κ2) is 8.26. The van der Waals surface area contributed by atoms with Gasteiger partial charge < -0.3 is 14.7 Å². The predicted molar refractivity (Wildman–Crippen MR) is 80.7 cm³/mol. The zero-order valence-electron chi connectivity index (χ0n) is 12.7. The summed E-state index contributed by atoms with van der Waals surface area (Å²) in [6, 6.07) is 7.22. The van der Waals surface area contributed by atoms with Gasteiger partial charge in [-0.15, -0.1) is 0 Å². The van der Waals surface area contributed by atoms with Gasteiger partial charge in [-0.05, 0) is 31.5 Å². The number of rotatable bonds is 7. The number of urea groups is 1. The minimum atomic E-state index is -1.04. The summed E-state index contributed by atoms with van der Waals surface area (Å²) in [5.74, 6) is -1.04. The van der Waals surface area contributed by atoms with Crippen LogP contribution in [0.3, 0.4) is 0 Å². The summed E-state index contributed by atoms with van der Waals surface area (Å²) in [7, 11) is 1.52. The molecule has 0 aliphatic carbocycles. The van der Waals surface area contributed by atoms with E-state index in [4.69, 9.17) is 9.84 Å². The normalized spacial score (nSPS) is 10.2. The van der Waals surface area contributed by atoms with E-state index in [9.17, 15) is 9.59 Å². The van der Waals surface area contributed by atoms with E-state index in [2.05, 4.69) is 0 Å². The number of methoxy groups -OCH3 is 1.